The topological polar surface area (TPSA) is 72.8 Å². The highest BCUT2D eigenvalue weighted by molar-refractivity contribution is 5.88. The second-order valence-corrected chi connectivity index (χ2v) is 8.66. The number of esters is 2. The van der Waals surface area contributed by atoms with Crippen LogP contribution in [0.15, 0.2) is 24.3 Å². The third-order valence-corrected chi connectivity index (χ3v) is 5.86. The minimum absolute atomic E-state index is 0.0373. The average Bonchev–Trinajstić information content (AvgIpc) is 2.70. The molecule has 1 fully saturated rings. The van der Waals surface area contributed by atoms with Crippen molar-refractivity contribution in [2.45, 2.75) is 84.7 Å². The van der Waals surface area contributed by atoms with E-state index < -0.39 is 18.0 Å². The predicted octanol–water partition coefficient (Wildman–Crippen LogP) is 4.98. The van der Waals surface area contributed by atoms with Gasteiger partial charge in [0.25, 0.3) is 0 Å². The molecule has 0 radical (unpaired) electrons. The first-order valence-corrected chi connectivity index (χ1v) is 11.1. The molecule has 1 N–H and O–H groups in total. The summed E-state index contributed by atoms with van der Waals surface area (Å²) in [6, 6.07) is 0. The molecule has 0 bridgehead atoms. The van der Waals surface area contributed by atoms with E-state index in [0.29, 0.717) is 11.5 Å². The molecule has 166 valence electrons. The van der Waals surface area contributed by atoms with Gasteiger partial charge >= 0.3 is 11.9 Å². The smallest absolute Gasteiger partial charge is 0.336 e. The van der Waals surface area contributed by atoms with Crippen LogP contribution in [-0.2, 0) is 19.1 Å². The number of aliphatic hydroxyl groups is 1. The lowest BCUT2D eigenvalue weighted by Gasteiger charge is -2.31. The van der Waals surface area contributed by atoms with Gasteiger partial charge in [-0.2, -0.15) is 0 Å². The minimum atomic E-state index is -0.940. The first-order chi connectivity index (χ1) is 13.7. The molecule has 1 rings (SSSR count). The Bertz CT molecular complexity index is 543. The number of hydrogen-bond acceptors (Lipinski definition) is 5. The number of unbranched alkanes of at least 4 members (excludes halogenated alkanes) is 2. The fourth-order valence-electron chi connectivity index (χ4n) is 3.87. The zero-order valence-electron chi connectivity index (χ0n) is 18.6. The Morgan fingerprint density at radius 2 is 1.55 bits per heavy atom. The lowest BCUT2D eigenvalue weighted by molar-refractivity contribution is -0.145. The van der Waals surface area contributed by atoms with Gasteiger partial charge in [0, 0.05) is 11.5 Å². The largest absolute Gasteiger partial charge is 0.462 e. The Morgan fingerprint density at radius 1 is 1.00 bits per heavy atom. The highest BCUT2D eigenvalue weighted by Crippen LogP contribution is 2.35. The van der Waals surface area contributed by atoms with Crippen LogP contribution >= 0.6 is 0 Å². The molecule has 2 unspecified atom stereocenters. The Labute approximate surface area is 176 Å². The van der Waals surface area contributed by atoms with Crippen LogP contribution in [0.2, 0.25) is 0 Å². The summed E-state index contributed by atoms with van der Waals surface area (Å²) in [4.78, 5) is 23.8. The molecular weight excluding hydrogens is 368 g/mol. The fraction of sp³-hybridized carbons (Fsp3) is 0.750. The maximum Gasteiger partial charge on any atom is 0.336 e. The average molecular weight is 409 g/mol. The van der Waals surface area contributed by atoms with E-state index in [1.165, 1.54) is 58.3 Å². The van der Waals surface area contributed by atoms with E-state index in [9.17, 15) is 14.7 Å². The van der Waals surface area contributed by atoms with E-state index in [1.54, 1.807) is 6.92 Å². The Kier molecular flexibility index (Phi) is 11.9. The van der Waals surface area contributed by atoms with Crippen LogP contribution in [0.25, 0.3) is 0 Å². The van der Waals surface area contributed by atoms with Crippen molar-refractivity contribution >= 4 is 11.9 Å². The van der Waals surface area contributed by atoms with Crippen molar-refractivity contribution in [3.05, 3.63) is 24.3 Å². The molecule has 0 aromatic heterocycles. The van der Waals surface area contributed by atoms with Crippen molar-refractivity contribution in [2.75, 3.05) is 13.2 Å². The van der Waals surface area contributed by atoms with Gasteiger partial charge in [-0.15, -0.1) is 0 Å². The van der Waals surface area contributed by atoms with Crippen LogP contribution in [0.5, 0.6) is 0 Å². The normalized spacial score (nSPS) is 21.1. The van der Waals surface area contributed by atoms with Gasteiger partial charge in [0.05, 0.1) is 24.9 Å². The summed E-state index contributed by atoms with van der Waals surface area (Å²) >= 11 is 0. The van der Waals surface area contributed by atoms with E-state index >= 15 is 0 Å². The molecule has 1 saturated carbocycles. The Balaban J connectivity index is 2.53. The van der Waals surface area contributed by atoms with Gasteiger partial charge < -0.3 is 14.6 Å². The lowest BCUT2D eigenvalue weighted by Crippen LogP contribution is -2.26. The van der Waals surface area contributed by atoms with Crippen LogP contribution in [-0.4, -0.2) is 36.4 Å². The molecule has 0 aliphatic heterocycles. The number of carbonyl (C=O) groups excluding carboxylic acids is 2. The van der Waals surface area contributed by atoms with E-state index in [2.05, 4.69) is 20.1 Å². The van der Waals surface area contributed by atoms with Crippen molar-refractivity contribution in [3.63, 3.8) is 0 Å². The maximum absolute atomic E-state index is 12.0. The van der Waals surface area contributed by atoms with Gasteiger partial charge in [-0.25, -0.2) is 9.59 Å². The molecule has 2 atom stereocenters. The van der Waals surface area contributed by atoms with Gasteiger partial charge in [0.2, 0.25) is 0 Å². The van der Waals surface area contributed by atoms with Gasteiger partial charge in [0.1, 0.15) is 0 Å². The van der Waals surface area contributed by atoms with Crippen molar-refractivity contribution < 1.29 is 24.2 Å². The molecule has 0 aromatic carbocycles. The zero-order chi connectivity index (χ0) is 21.8. The first kappa shape index (κ1) is 25.4. The van der Waals surface area contributed by atoms with Crippen LogP contribution in [0.4, 0.5) is 0 Å². The lowest BCUT2D eigenvalue weighted by atomic mass is 9.76. The van der Waals surface area contributed by atoms with Gasteiger partial charge in [-0.05, 0) is 32.1 Å². The van der Waals surface area contributed by atoms with Gasteiger partial charge in [-0.1, -0.05) is 71.4 Å². The van der Waals surface area contributed by atoms with Crippen LogP contribution in [0.3, 0.4) is 0 Å². The molecule has 0 spiro atoms. The monoisotopic (exact) mass is 408 g/mol. The van der Waals surface area contributed by atoms with Crippen LogP contribution in [0, 0.1) is 17.8 Å². The molecule has 0 amide bonds. The summed E-state index contributed by atoms with van der Waals surface area (Å²) in [6.07, 6.45) is 10.0. The third-order valence-electron chi connectivity index (χ3n) is 5.86. The standard InChI is InChI=1S/C24H40O5/c1-6-7-8-9-20-10-12-21(13-11-20)14-22(15-28-23(26)17(2)3)16-29-24(27)18(4)19(5)25/h19-22,25H,2,4,6-16H2,1,3,5H3. The van der Waals surface area contributed by atoms with Gasteiger partial charge in [-0.3, -0.25) is 0 Å². The summed E-state index contributed by atoms with van der Waals surface area (Å²) in [5.41, 5.74) is 0.395. The van der Waals surface area contributed by atoms with Crippen molar-refractivity contribution in [1.82, 2.24) is 0 Å². The first-order valence-electron chi connectivity index (χ1n) is 11.1. The minimum Gasteiger partial charge on any atom is -0.462 e. The summed E-state index contributed by atoms with van der Waals surface area (Å²) < 4.78 is 10.7. The number of aliphatic hydroxyl groups excluding tert-OH is 1. The predicted molar refractivity (Wildman–Crippen MR) is 115 cm³/mol. The van der Waals surface area contributed by atoms with Crippen molar-refractivity contribution in [3.8, 4) is 0 Å². The molecule has 0 heterocycles. The SMILES string of the molecule is C=C(C)C(=O)OCC(COC(=O)C(=C)C(C)O)CC1CCC(CCCCC)CC1. The molecule has 0 saturated heterocycles. The van der Waals surface area contributed by atoms with Crippen molar-refractivity contribution in [1.29, 1.82) is 0 Å². The van der Waals surface area contributed by atoms with Gasteiger partial charge in [0.15, 0.2) is 0 Å². The third kappa shape index (κ3) is 10.1. The second-order valence-electron chi connectivity index (χ2n) is 8.66. The van der Waals surface area contributed by atoms with E-state index in [-0.39, 0.29) is 24.7 Å². The maximum atomic E-state index is 12.0. The molecule has 1 aliphatic rings. The summed E-state index contributed by atoms with van der Waals surface area (Å²) in [6.45, 7) is 12.9. The molecular formula is C24H40O5. The molecule has 5 nitrogen and oxygen atoms in total. The number of rotatable bonds is 13. The molecule has 0 aromatic rings. The van der Waals surface area contributed by atoms with Crippen molar-refractivity contribution in [2.24, 2.45) is 17.8 Å². The summed E-state index contributed by atoms with van der Waals surface area (Å²) in [5.74, 6) is 0.310. The van der Waals surface area contributed by atoms with E-state index in [1.807, 2.05) is 0 Å². The zero-order valence-corrected chi connectivity index (χ0v) is 18.6. The molecule has 5 heteroatoms. The quantitative estimate of drug-likeness (QED) is 0.264. The summed E-state index contributed by atoms with van der Waals surface area (Å²) in [5, 5.41) is 9.48. The van der Waals surface area contributed by atoms with E-state index in [4.69, 9.17) is 9.47 Å². The van der Waals surface area contributed by atoms with Crippen LogP contribution in [0.1, 0.15) is 78.6 Å². The summed E-state index contributed by atoms with van der Waals surface area (Å²) in [7, 11) is 0. The number of hydrogen-bond donors (Lipinski definition) is 1. The van der Waals surface area contributed by atoms with Crippen LogP contribution < -0.4 is 0 Å². The van der Waals surface area contributed by atoms with E-state index in [0.717, 1.165) is 12.3 Å². The molecule has 29 heavy (non-hydrogen) atoms. The fourth-order valence-corrected chi connectivity index (χ4v) is 3.87. The molecule has 1 aliphatic carbocycles. The number of carbonyl (C=O) groups is 2. The highest BCUT2D eigenvalue weighted by Gasteiger charge is 2.26. The second kappa shape index (κ2) is 13.6. The Morgan fingerprint density at radius 3 is 2.07 bits per heavy atom. The highest BCUT2D eigenvalue weighted by atomic mass is 16.5. The Hall–Kier alpha value is -1.62. The number of ether oxygens (including phenoxy) is 2.